The molecule has 1 saturated heterocycles. The monoisotopic (exact) mass is 298 g/mol. The number of halogens is 3. The lowest BCUT2D eigenvalue weighted by Gasteiger charge is -2.38. The molecule has 1 saturated carbocycles. The van der Waals surface area contributed by atoms with Crippen LogP contribution in [0.5, 0.6) is 0 Å². The Morgan fingerprint density at radius 2 is 1.71 bits per heavy atom. The van der Waals surface area contributed by atoms with E-state index in [0.29, 0.717) is 12.0 Å². The summed E-state index contributed by atoms with van der Waals surface area (Å²) in [5.74, 6) is -2.37. The number of hydrogen-bond donors (Lipinski definition) is 1. The van der Waals surface area contributed by atoms with Gasteiger partial charge in [-0.15, -0.1) is 0 Å². The highest BCUT2D eigenvalue weighted by Gasteiger charge is 2.34. The summed E-state index contributed by atoms with van der Waals surface area (Å²) in [5, 5.41) is 3.27. The molecule has 1 N–H and O–H groups in total. The molecule has 2 aliphatic rings. The standard InChI is InChI=1S/C16H21F3N2/c17-12-9-13(15(19)14(18)10-12)16(11-3-1-2-4-11)21-7-5-20-6-8-21/h9-11,16,20H,1-8H2/t16-/m0/s1. The SMILES string of the molecule is Fc1cc(F)c(F)c([C@H](C2CCCC2)N2CCNCC2)c1. The van der Waals surface area contributed by atoms with Crippen molar-refractivity contribution in [3.8, 4) is 0 Å². The first-order chi connectivity index (χ1) is 10.2. The average molecular weight is 298 g/mol. The van der Waals surface area contributed by atoms with Gasteiger partial charge in [-0.2, -0.15) is 0 Å². The van der Waals surface area contributed by atoms with Crippen LogP contribution in [-0.4, -0.2) is 31.1 Å². The first-order valence-electron chi connectivity index (χ1n) is 7.76. The summed E-state index contributed by atoms with van der Waals surface area (Å²) >= 11 is 0. The van der Waals surface area contributed by atoms with Crippen LogP contribution in [0.25, 0.3) is 0 Å². The van der Waals surface area contributed by atoms with Gasteiger partial charge in [-0.3, -0.25) is 4.90 Å². The molecule has 3 rings (SSSR count). The van der Waals surface area contributed by atoms with Gasteiger partial charge in [0.2, 0.25) is 0 Å². The van der Waals surface area contributed by atoms with Gasteiger partial charge in [0.05, 0.1) is 0 Å². The van der Waals surface area contributed by atoms with Gasteiger partial charge in [0.1, 0.15) is 5.82 Å². The summed E-state index contributed by atoms with van der Waals surface area (Å²) in [4.78, 5) is 2.18. The second-order valence-corrected chi connectivity index (χ2v) is 6.07. The van der Waals surface area contributed by atoms with Gasteiger partial charge in [0.15, 0.2) is 11.6 Å². The number of nitrogens with zero attached hydrogens (tertiary/aromatic N) is 1. The minimum Gasteiger partial charge on any atom is -0.314 e. The van der Waals surface area contributed by atoms with Crippen molar-refractivity contribution in [2.75, 3.05) is 26.2 Å². The van der Waals surface area contributed by atoms with Crippen molar-refractivity contribution in [2.24, 2.45) is 5.92 Å². The Labute approximate surface area is 123 Å². The van der Waals surface area contributed by atoms with Gasteiger partial charge < -0.3 is 5.32 Å². The van der Waals surface area contributed by atoms with Crippen LogP contribution in [-0.2, 0) is 0 Å². The minimum absolute atomic E-state index is 0.196. The number of nitrogens with one attached hydrogen (secondary N) is 1. The second-order valence-electron chi connectivity index (χ2n) is 6.07. The van der Waals surface area contributed by atoms with E-state index in [2.05, 4.69) is 10.2 Å². The molecule has 1 heterocycles. The Kier molecular flexibility index (Phi) is 4.50. The molecule has 0 radical (unpaired) electrons. The van der Waals surface area contributed by atoms with Crippen LogP contribution in [0, 0.1) is 23.4 Å². The quantitative estimate of drug-likeness (QED) is 0.862. The highest BCUT2D eigenvalue weighted by molar-refractivity contribution is 5.25. The first-order valence-corrected chi connectivity index (χ1v) is 7.76. The highest BCUT2D eigenvalue weighted by Crippen LogP contribution is 2.41. The topological polar surface area (TPSA) is 15.3 Å². The smallest absolute Gasteiger partial charge is 0.163 e. The highest BCUT2D eigenvalue weighted by atomic mass is 19.2. The molecule has 1 aromatic rings. The molecular formula is C16H21F3N2. The van der Waals surface area contributed by atoms with Crippen LogP contribution in [0.4, 0.5) is 13.2 Å². The second kappa shape index (κ2) is 6.36. The van der Waals surface area contributed by atoms with E-state index in [1.807, 2.05) is 0 Å². The maximum Gasteiger partial charge on any atom is 0.163 e. The van der Waals surface area contributed by atoms with Gasteiger partial charge in [0, 0.05) is 43.9 Å². The van der Waals surface area contributed by atoms with Crippen molar-refractivity contribution < 1.29 is 13.2 Å². The van der Waals surface area contributed by atoms with Gasteiger partial charge in [0.25, 0.3) is 0 Å². The lowest BCUT2D eigenvalue weighted by molar-refractivity contribution is 0.121. The molecule has 0 aromatic heterocycles. The maximum absolute atomic E-state index is 14.3. The Morgan fingerprint density at radius 3 is 2.38 bits per heavy atom. The van der Waals surface area contributed by atoms with Crippen molar-refractivity contribution in [2.45, 2.75) is 31.7 Å². The molecule has 2 fully saturated rings. The molecule has 1 aromatic carbocycles. The van der Waals surface area contributed by atoms with Gasteiger partial charge in [-0.25, -0.2) is 13.2 Å². The molecular weight excluding hydrogens is 277 g/mol. The Hall–Kier alpha value is -1.07. The molecule has 1 atom stereocenters. The number of hydrogen-bond acceptors (Lipinski definition) is 2. The summed E-state index contributed by atoms with van der Waals surface area (Å²) in [5.41, 5.74) is 0.196. The molecule has 2 nitrogen and oxygen atoms in total. The fourth-order valence-corrected chi connectivity index (χ4v) is 3.77. The summed E-state index contributed by atoms with van der Waals surface area (Å²) < 4.78 is 41.4. The fraction of sp³-hybridized carbons (Fsp3) is 0.625. The molecule has 0 spiro atoms. The number of rotatable bonds is 3. The summed E-state index contributed by atoms with van der Waals surface area (Å²) in [6.45, 7) is 3.25. The van der Waals surface area contributed by atoms with Crippen molar-refractivity contribution in [3.63, 3.8) is 0 Å². The Morgan fingerprint density at radius 1 is 1.05 bits per heavy atom. The molecule has 116 valence electrons. The van der Waals surface area contributed by atoms with Crippen molar-refractivity contribution in [3.05, 3.63) is 35.1 Å². The van der Waals surface area contributed by atoms with Gasteiger partial charge in [-0.05, 0) is 24.8 Å². The molecule has 0 bridgehead atoms. The third kappa shape index (κ3) is 3.09. The average Bonchev–Trinajstić information content (AvgIpc) is 2.99. The summed E-state index contributed by atoms with van der Waals surface area (Å²) in [7, 11) is 0. The zero-order valence-corrected chi connectivity index (χ0v) is 12.0. The zero-order chi connectivity index (χ0) is 14.8. The van der Waals surface area contributed by atoms with E-state index in [4.69, 9.17) is 0 Å². The van der Waals surface area contributed by atoms with E-state index in [1.165, 1.54) is 6.07 Å². The normalized spacial score (nSPS) is 22.6. The maximum atomic E-state index is 14.3. The molecule has 1 aliphatic heterocycles. The minimum atomic E-state index is -1.08. The molecule has 21 heavy (non-hydrogen) atoms. The molecule has 0 unspecified atom stereocenters. The largest absolute Gasteiger partial charge is 0.314 e. The van der Waals surface area contributed by atoms with Crippen molar-refractivity contribution in [1.29, 1.82) is 0 Å². The van der Waals surface area contributed by atoms with Crippen LogP contribution in [0.2, 0.25) is 0 Å². The molecule has 5 heteroatoms. The zero-order valence-electron chi connectivity index (χ0n) is 12.0. The van der Waals surface area contributed by atoms with E-state index >= 15 is 0 Å². The fourth-order valence-electron chi connectivity index (χ4n) is 3.77. The van der Waals surface area contributed by atoms with Crippen LogP contribution in [0.1, 0.15) is 37.3 Å². The van der Waals surface area contributed by atoms with E-state index in [-0.39, 0.29) is 11.6 Å². The lowest BCUT2D eigenvalue weighted by Crippen LogP contribution is -2.47. The van der Waals surface area contributed by atoms with Crippen molar-refractivity contribution in [1.82, 2.24) is 10.2 Å². The van der Waals surface area contributed by atoms with Crippen LogP contribution < -0.4 is 5.32 Å². The predicted molar refractivity (Wildman–Crippen MR) is 75.5 cm³/mol. The summed E-state index contributed by atoms with van der Waals surface area (Å²) in [6, 6.07) is 1.60. The molecule has 1 aliphatic carbocycles. The van der Waals surface area contributed by atoms with Gasteiger partial charge in [-0.1, -0.05) is 12.8 Å². The Bertz CT molecular complexity index is 495. The predicted octanol–water partition coefficient (Wildman–Crippen LogP) is 3.24. The lowest BCUT2D eigenvalue weighted by atomic mass is 9.89. The van der Waals surface area contributed by atoms with E-state index < -0.39 is 17.5 Å². The third-order valence-corrected chi connectivity index (χ3v) is 4.73. The third-order valence-electron chi connectivity index (χ3n) is 4.73. The van der Waals surface area contributed by atoms with E-state index in [9.17, 15) is 13.2 Å². The number of benzene rings is 1. The van der Waals surface area contributed by atoms with E-state index in [1.54, 1.807) is 0 Å². The van der Waals surface area contributed by atoms with Crippen molar-refractivity contribution >= 4 is 0 Å². The van der Waals surface area contributed by atoms with Crippen LogP contribution >= 0.6 is 0 Å². The van der Waals surface area contributed by atoms with Crippen LogP contribution in [0.15, 0.2) is 12.1 Å². The molecule has 0 amide bonds. The van der Waals surface area contributed by atoms with E-state index in [0.717, 1.165) is 51.9 Å². The van der Waals surface area contributed by atoms with Crippen LogP contribution in [0.3, 0.4) is 0 Å². The Balaban J connectivity index is 1.97. The van der Waals surface area contributed by atoms with Gasteiger partial charge >= 0.3 is 0 Å². The first kappa shape index (κ1) is 14.9. The number of piperazine rings is 1. The summed E-state index contributed by atoms with van der Waals surface area (Å²) in [6.07, 6.45) is 4.25.